The Labute approximate surface area is 186 Å². The van der Waals surface area contributed by atoms with E-state index in [1.54, 1.807) is 24.8 Å². The summed E-state index contributed by atoms with van der Waals surface area (Å²) in [5, 5.41) is 7.12. The van der Waals surface area contributed by atoms with Gasteiger partial charge in [0.2, 0.25) is 5.95 Å². The lowest BCUT2D eigenvalue weighted by Gasteiger charge is -2.34. The highest BCUT2D eigenvalue weighted by atomic mass is 19.4. The number of pyridine rings is 1. The molecule has 12 heteroatoms. The van der Waals surface area contributed by atoms with Gasteiger partial charge in [-0.3, -0.25) is 4.98 Å². The van der Waals surface area contributed by atoms with Crippen LogP contribution in [0.25, 0.3) is 11.4 Å². The van der Waals surface area contributed by atoms with E-state index in [4.69, 9.17) is 19.6 Å². The van der Waals surface area contributed by atoms with Crippen molar-refractivity contribution in [2.75, 3.05) is 24.6 Å². The molecule has 0 amide bonds. The van der Waals surface area contributed by atoms with E-state index in [0.717, 1.165) is 42.3 Å². The van der Waals surface area contributed by atoms with Gasteiger partial charge < -0.3 is 14.7 Å². The third-order valence-electron chi connectivity index (χ3n) is 5.35. The number of carboxylic acid groups (broad SMARTS) is 1. The Hall–Kier alpha value is -3.67. The van der Waals surface area contributed by atoms with Crippen LogP contribution in [0.3, 0.4) is 0 Å². The molecule has 0 saturated carbocycles. The number of aliphatic carboxylic acids is 1. The maximum absolute atomic E-state index is 10.6. The van der Waals surface area contributed by atoms with E-state index in [0.29, 0.717) is 19.0 Å². The van der Waals surface area contributed by atoms with Crippen LogP contribution < -0.4 is 4.90 Å². The largest absolute Gasteiger partial charge is 0.490 e. The van der Waals surface area contributed by atoms with Gasteiger partial charge >= 0.3 is 12.1 Å². The molecule has 0 radical (unpaired) electrons. The number of alkyl halides is 3. The molecule has 172 valence electrons. The van der Waals surface area contributed by atoms with E-state index in [-0.39, 0.29) is 5.41 Å². The van der Waals surface area contributed by atoms with E-state index in [1.807, 2.05) is 24.4 Å². The van der Waals surface area contributed by atoms with E-state index in [1.165, 1.54) is 0 Å². The molecule has 3 aromatic heterocycles. The number of ether oxygens (including phenoxy) is 1. The zero-order valence-corrected chi connectivity index (χ0v) is 17.2. The van der Waals surface area contributed by atoms with Gasteiger partial charge in [0.25, 0.3) is 0 Å². The molecule has 33 heavy (non-hydrogen) atoms. The Balaban J connectivity index is 0.000000325. The third kappa shape index (κ3) is 4.90. The fourth-order valence-electron chi connectivity index (χ4n) is 3.84. The molecule has 1 fully saturated rings. The zero-order chi connectivity index (χ0) is 23.5. The van der Waals surface area contributed by atoms with Gasteiger partial charge in [0.15, 0.2) is 5.82 Å². The Morgan fingerprint density at radius 2 is 1.88 bits per heavy atom. The van der Waals surface area contributed by atoms with Crippen LogP contribution in [0.2, 0.25) is 0 Å². The number of carboxylic acids is 1. The summed E-state index contributed by atoms with van der Waals surface area (Å²) >= 11 is 0. The van der Waals surface area contributed by atoms with Crippen LogP contribution in [-0.4, -0.2) is 61.9 Å². The third-order valence-corrected chi connectivity index (χ3v) is 5.35. The Morgan fingerprint density at radius 3 is 2.55 bits per heavy atom. The molecule has 1 saturated heterocycles. The van der Waals surface area contributed by atoms with Crippen LogP contribution >= 0.6 is 0 Å². The smallest absolute Gasteiger partial charge is 0.475 e. The van der Waals surface area contributed by atoms with E-state index >= 15 is 0 Å². The standard InChI is InChI=1S/C19H18N6O.C2HF3O2/c1-3-14(9-20-5-1)17-23-10-15-11-26-13-19(16(15)24-17)4-8-25(12-19)18-21-6-2-7-22-18;3-2(4,5)1(6)7/h1-3,5-7,9-10H,4,8,11-13H2;(H,6,7). The summed E-state index contributed by atoms with van der Waals surface area (Å²) < 4.78 is 37.6. The van der Waals surface area contributed by atoms with Gasteiger partial charge in [-0.15, -0.1) is 0 Å². The summed E-state index contributed by atoms with van der Waals surface area (Å²) in [6.45, 7) is 2.91. The summed E-state index contributed by atoms with van der Waals surface area (Å²) in [5.41, 5.74) is 2.95. The Kier molecular flexibility index (Phi) is 6.18. The van der Waals surface area contributed by atoms with Crippen molar-refractivity contribution in [3.8, 4) is 11.4 Å². The molecule has 1 unspecified atom stereocenters. The van der Waals surface area contributed by atoms with Crippen LogP contribution in [0.5, 0.6) is 0 Å². The van der Waals surface area contributed by atoms with Crippen molar-refractivity contribution in [2.24, 2.45) is 0 Å². The van der Waals surface area contributed by atoms with Crippen molar-refractivity contribution < 1.29 is 27.8 Å². The van der Waals surface area contributed by atoms with Crippen LogP contribution in [0.15, 0.2) is 49.2 Å². The average molecular weight is 460 g/mol. The molecule has 2 aliphatic heterocycles. The van der Waals surface area contributed by atoms with Gasteiger partial charge in [0.1, 0.15) is 0 Å². The minimum atomic E-state index is -5.08. The number of hydrogen-bond donors (Lipinski definition) is 1. The molecule has 5 heterocycles. The average Bonchev–Trinajstić information content (AvgIpc) is 3.25. The lowest BCUT2D eigenvalue weighted by atomic mass is 9.80. The lowest BCUT2D eigenvalue weighted by molar-refractivity contribution is -0.192. The van der Waals surface area contributed by atoms with E-state index in [9.17, 15) is 13.2 Å². The number of rotatable bonds is 2. The monoisotopic (exact) mass is 460 g/mol. The molecule has 5 rings (SSSR count). The maximum atomic E-state index is 10.6. The number of aromatic nitrogens is 5. The van der Waals surface area contributed by atoms with Crippen molar-refractivity contribution in [1.29, 1.82) is 0 Å². The first kappa shape index (κ1) is 22.5. The fraction of sp³-hybridized carbons (Fsp3) is 0.333. The maximum Gasteiger partial charge on any atom is 0.490 e. The van der Waals surface area contributed by atoms with E-state index < -0.39 is 12.1 Å². The normalized spacial score (nSPS) is 19.5. The highest BCUT2D eigenvalue weighted by Gasteiger charge is 2.45. The van der Waals surface area contributed by atoms with Crippen LogP contribution in [0.1, 0.15) is 17.7 Å². The first-order valence-electron chi connectivity index (χ1n) is 9.95. The zero-order valence-electron chi connectivity index (χ0n) is 17.2. The summed E-state index contributed by atoms with van der Waals surface area (Å²) in [6.07, 6.45) is 4.88. The summed E-state index contributed by atoms with van der Waals surface area (Å²) in [5.74, 6) is -1.28. The van der Waals surface area contributed by atoms with Crippen LogP contribution in [0, 0.1) is 0 Å². The summed E-state index contributed by atoms with van der Waals surface area (Å²) in [4.78, 5) is 33.6. The highest BCUT2D eigenvalue weighted by Crippen LogP contribution is 2.40. The van der Waals surface area contributed by atoms with Crippen molar-refractivity contribution >= 4 is 11.9 Å². The second-order valence-corrected chi connectivity index (χ2v) is 7.61. The molecule has 1 atom stereocenters. The molecule has 0 bridgehead atoms. The molecule has 1 spiro atoms. The van der Waals surface area contributed by atoms with Gasteiger partial charge in [-0.25, -0.2) is 24.7 Å². The molecule has 9 nitrogen and oxygen atoms in total. The second kappa shape index (κ2) is 9.06. The van der Waals surface area contributed by atoms with Gasteiger partial charge in [-0.05, 0) is 24.6 Å². The summed E-state index contributed by atoms with van der Waals surface area (Å²) in [6, 6.07) is 5.72. The SMILES string of the molecule is O=C(O)C(F)(F)F.c1cnc(N2CCC3(COCc4cnc(-c5cccnc5)nc43)C2)nc1. The first-order valence-corrected chi connectivity index (χ1v) is 9.95. The molecule has 1 N–H and O–H groups in total. The van der Waals surface area contributed by atoms with Crippen LogP contribution in [-0.2, 0) is 21.6 Å². The van der Waals surface area contributed by atoms with Crippen LogP contribution in [0.4, 0.5) is 19.1 Å². The van der Waals surface area contributed by atoms with Gasteiger partial charge in [-0.1, -0.05) is 0 Å². The number of anilines is 1. The van der Waals surface area contributed by atoms with Crippen molar-refractivity contribution in [3.63, 3.8) is 0 Å². The fourth-order valence-corrected chi connectivity index (χ4v) is 3.84. The summed E-state index contributed by atoms with van der Waals surface area (Å²) in [7, 11) is 0. The minimum Gasteiger partial charge on any atom is -0.475 e. The minimum absolute atomic E-state index is 0.146. The predicted molar refractivity (Wildman–Crippen MR) is 109 cm³/mol. The number of nitrogens with zero attached hydrogens (tertiary/aromatic N) is 6. The quantitative estimate of drug-likeness (QED) is 0.616. The molecular formula is C21H19F3N6O3. The Bertz CT molecular complexity index is 1120. The van der Waals surface area contributed by atoms with Crippen molar-refractivity contribution in [3.05, 3.63) is 60.4 Å². The van der Waals surface area contributed by atoms with Crippen molar-refractivity contribution in [2.45, 2.75) is 24.6 Å². The molecular weight excluding hydrogens is 441 g/mol. The van der Waals surface area contributed by atoms with Gasteiger partial charge in [0.05, 0.1) is 24.3 Å². The number of fused-ring (bicyclic) bond motifs is 2. The number of hydrogen-bond acceptors (Lipinski definition) is 8. The molecule has 0 aromatic carbocycles. The molecule has 0 aliphatic carbocycles. The molecule has 3 aromatic rings. The highest BCUT2D eigenvalue weighted by molar-refractivity contribution is 5.73. The second-order valence-electron chi connectivity index (χ2n) is 7.61. The van der Waals surface area contributed by atoms with Gasteiger partial charge in [0, 0.05) is 55.2 Å². The Morgan fingerprint density at radius 1 is 1.12 bits per heavy atom. The number of halogens is 3. The predicted octanol–water partition coefficient (Wildman–Crippen LogP) is 2.64. The van der Waals surface area contributed by atoms with Gasteiger partial charge in [-0.2, -0.15) is 13.2 Å². The first-order chi connectivity index (χ1) is 15.8. The van der Waals surface area contributed by atoms with E-state index in [2.05, 4.69) is 24.8 Å². The lowest BCUT2D eigenvalue weighted by Crippen LogP contribution is -2.40. The van der Waals surface area contributed by atoms with Crippen molar-refractivity contribution in [1.82, 2.24) is 24.9 Å². The number of carbonyl (C=O) groups is 1. The topological polar surface area (TPSA) is 114 Å². The molecule has 2 aliphatic rings.